The summed E-state index contributed by atoms with van der Waals surface area (Å²) in [6.45, 7) is 1.32. The lowest BCUT2D eigenvalue weighted by molar-refractivity contribution is -0.666. The fourth-order valence-electron chi connectivity index (χ4n) is 4.17. The van der Waals surface area contributed by atoms with Crippen molar-refractivity contribution in [3.05, 3.63) is 81.2 Å². The molecule has 1 saturated heterocycles. The van der Waals surface area contributed by atoms with Gasteiger partial charge in [-0.3, -0.25) is 14.0 Å². The third-order valence-corrected chi connectivity index (χ3v) is 6.28. The highest BCUT2D eigenvalue weighted by Crippen LogP contribution is 2.19. The molecule has 1 atom stereocenters. The van der Waals surface area contributed by atoms with E-state index >= 15 is 0 Å². The standard InChI is InChI=1S/C24H22ClN5O3/c25-19-8-2-1-6-15(19)13-27-23(31)17-12-18-22(28-20-9-3-4-10-29(20)24(18)32)30(21(17)26)14-16-7-5-11-33-16/h1-4,6,8-10,12,16,26H,5,7,11,13-14H2,(H,27,31)/p+1/t16-/m1/s1. The van der Waals surface area contributed by atoms with Crippen LogP contribution in [0.2, 0.25) is 5.02 Å². The molecule has 4 heterocycles. The SMILES string of the molecule is Nc1c(C(=O)NCc2ccccc2Cl)cc2c(=O)n3ccccc3nc2[n+]1C[C@H]1CCCO1. The normalized spacial score (nSPS) is 15.8. The second-order valence-electron chi connectivity index (χ2n) is 8.05. The van der Waals surface area contributed by atoms with Crippen molar-refractivity contribution in [3.8, 4) is 0 Å². The van der Waals surface area contributed by atoms with Gasteiger partial charge in [-0.05, 0) is 42.7 Å². The zero-order valence-corrected chi connectivity index (χ0v) is 18.6. The van der Waals surface area contributed by atoms with Gasteiger partial charge in [-0.15, -0.1) is 0 Å². The number of nitrogens with zero attached hydrogens (tertiary/aromatic N) is 3. The van der Waals surface area contributed by atoms with Crippen molar-refractivity contribution < 1.29 is 14.1 Å². The van der Waals surface area contributed by atoms with Crippen molar-refractivity contribution in [2.75, 3.05) is 12.3 Å². The molecule has 0 unspecified atom stereocenters. The molecule has 8 nitrogen and oxygen atoms in total. The summed E-state index contributed by atoms with van der Waals surface area (Å²) < 4.78 is 8.98. The Balaban J connectivity index is 1.62. The Morgan fingerprint density at radius 2 is 2.09 bits per heavy atom. The Morgan fingerprint density at radius 1 is 1.27 bits per heavy atom. The molecule has 0 bridgehead atoms. The lowest BCUT2D eigenvalue weighted by Gasteiger charge is -2.15. The number of carbonyl (C=O) groups is 1. The topological polar surface area (TPSA) is 103 Å². The molecule has 0 radical (unpaired) electrons. The second kappa shape index (κ2) is 8.80. The van der Waals surface area contributed by atoms with Crippen LogP contribution in [-0.4, -0.2) is 28.0 Å². The summed E-state index contributed by atoms with van der Waals surface area (Å²) in [6, 6.07) is 14.1. The van der Waals surface area contributed by atoms with Gasteiger partial charge < -0.3 is 15.8 Å². The molecule has 1 aliphatic rings. The number of amides is 1. The minimum atomic E-state index is -0.395. The van der Waals surface area contributed by atoms with Crippen LogP contribution >= 0.6 is 11.6 Å². The van der Waals surface area contributed by atoms with E-state index in [1.807, 2.05) is 24.3 Å². The number of aromatic nitrogens is 3. The average molecular weight is 465 g/mol. The van der Waals surface area contributed by atoms with Crippen LogP contribution in [0.15, 0.2) is 59.5 Å². The number of nitrogens with one attached hydrogen (secondary N) is 1. The monoisotopic (exact) mass is 464 g/mol. The van der Waals surface area contributed by atoms with Crippen LogP contribution in [0.25, 0.3) is 16.7 Å². The zero-order chi connectivity index (χ0) is 22.9. The fourth-order valence-corrected chi connectivity index (χ4v) is 4.37. The van der Waals surface area contributed by atoms with E-state index in [2.05, 4.69) is 10.3 Å². The van der Waals surface area contributed by atoms with Crippen LogP contribution in [0.1, 0.15) is 28.8 Å². The number of hydrogen-bond acceptors (Lipinski definition) is 5. The van der Waals surface area contributed by atoms with Crippen molar-refractivity contribution in [2.24, 2.45) is 0 Å². The Bertz CT molecular complexity index is 1430. The second-order valence-corrected chi connectivity index (χ2v) is 8.45. The third kappa shape index (κ3) is 4.03. The molecule has 1 aromatic carbocycles. The molecular formula is C24H23ClN5O3+. The summed E-state index contributed by atoms with van der Waals surface area (Å²) in [7, 11) is 0. The van der Waals surface area contributed by atoms with E-state index in [1.165, 1.54) is 10.5 Å². The molecule has 5 rings (SSSR count). The Labute approximate surface area is 194 Å². The highest BCUT2D eigenvalue weighted by atomic mass is 35.5. The highest BCUT2D eigenvalue weighted by molar-refractivity contribution is 6.31. The van der Waals surface area contributed by atoms with E-state index in [0.29, 0.717) is 34.9 Å². The van der Waals surface area contributed by atoms with Gasteiger partial charge in [0.05, 0.1) is 12.6 Å². The van der Waals surface area contributed by atoms with Gasteiger partial charge >= 0.3 is 0 Å². The Hall–Kier alpha value is -3.49. The quantitative estimate of drug-likeness (QED) is 0.349. The van der Waals surface area contributed by atoms with Gasteiger partial charge in [-0.25, -0.2) is 4.57 Å². The number of benzene rings is 1. The van der Waals surface area contributed by atoms with Crippen molar-refractivity contribution in [1.82, 2.24) is 14.7 Å². The number of fused-ring (bicyclic) bond motifs is 2. The molecule has 9 heteroatoms. The van der Waals surface area contributed by atoms with Crippen LogP contribution in [-0.2, 0) is 17.8 Å². The smallest absolute Gasteiger partial charge is 0.278 e. The number of ether oxygens (including phenoxy) is 1. The summed E-state index contributed by atoms with van der Waals surface area (Å²) in [4.78, 5) is 31.1. The lowest BCUT2D eigenvalue weighted by atomic mass is 10.1. The third-order valence-electron chi connectivity index (χ3n) is 5.91. The maximum atomic E-state index is 13.3. The molecule has 3 N–H and O–H groups in total. The molecule has 1 fully saturated rings. The van der Waals surface area contributed by atoms with Crippen LogP contribution in [0.4, 0.5) is 5.82 Å². The highest BCUT2D eigenvalue weighted by Gasteiger charge is 2.27. The number of carbonyl (C=O) groups excluding carboxylic acids is 1. The summed E-state index contributed by atoms with van der Waals surface area (Å²) in [5, 5.41) is 3.74. The maximum absolute atomic E-state index is 13.3. The average Bonchev–Trinajstić information content (AvgIpc) is 3.34. The maximum Gasteiger partial charge on any atom is 0.278 e. The van der Waals surface area contributed by atoms with E-state index in [1.54, 1.807) is 29.0 Å². The molecule has 33 heavy (non-hydrogen) atoms. The number of anilines is 1. The van der Waals surface area contributed by atoms with E-state index in [0.717, 1.165) is 18.4 Å². The van der Waals surface area contributed by atoms with Gasteiger partial charge in [0.2, 0.25) is 11.5 Å². The largest absolute Gasteiger partial charge is 0.375 e. The lowest BCUT2D eigenvalue weighted by Crippen LogP contribution is -2.46. The van der Waals surface area contributed by atoms with E-state index in [4.69, 9.17) is 22.1 Å². The summed E-state index contributed by atoms with van der Waals surface area (Å²) in [5.41, 5.74) is 8.16. The minimum Gasteiger partial charge on any atom is -0.375 e. The first kappa shape index (κ1) is 21.4. The Morgan fingerprint density at radius 3 is 2.88 bits per heavy atom. The van der Waals surface area contributed by atoms with Gasteiger partial charge in [0.15, 0.2) is 0 Å². The first-order valence-electron chi connectivity index (χ1n) is 10.8. The van der Waals surface area contributed by atoms with E-state index < -0.39 is 5.91 Å². The van der Waals surface area contributed by atoms with Crippen molar-refractivity contribution in [1.29, 1.82) is 0 Å². The molecule has 1 amide bonds. The molecule has 0 aliphatic carbocycles. The van der Waals surface area contributed by atoms with Crippen molar-refractivity contribution >= 4 is 40.0 Å². The van der Waals surface area contributed by atoms with Crippen LogP contribution in [0.3, 0.4) is 0 Å². The number of nitrogen functional groups attached to an aromatic ring is 1. The van der Waals surface area contributed by atoms with Gasteiger partial charge in [0.1, 0.15) is 10.9 Å². The molecule has 0 spiro atoms. The van der Waals surface area contributed by atoms with Crippen LogP contribution in [0, 0.1) is 0 Å². The van der Waals surface area contributed by atoms with Gasteiger partial charge in [0.25, 0.3) is 17.1 Å². The van der Waals surface area contributed by atoms with Crippen LogP contribution < -0.4 is 21.2 Å². The summed E-state index contributed by atoms with van der Waals surface area (Å²) in [5.74, 6) is -0.158. The van der Waals surface area contributed by atoms with E-state index in [9.17, 15) is 9.59 Å². The fraction of sp³-hybridized carbons (Fsp3) is 0.250. The zero-order valence-electron chi connectivity index (χ0n) is 17.8. The molecule has 0 saturated carbocycles. The molecule has 1 aliphatic heterocycles. The summed E-state index contributed by atoms with van der Waals surface area (Å²) in [6.07, 6.45) is 3.43. The predicted molar refractivity (Wildman–Crippen MR) is 125 cm³/mol. The molecular weight excluding hydrogens is 442 g/mol. The van der Waals surface area contributed by atoms with Crippen molar-refractivity contribution in [3.63, 3.8) is 0 Å². The first-order chi connectivity index (χ1) is 16.0. The molecule has 168 valence electrons. The van der Waals surface area contributed by atoms with Gasteiger partial charge in [-0.1, -0.05) is 40.9 Å². The Kier molecular flexibility index (Phi) is 5.70. The predicted octanol–water partition coefficient (Wildman–Crippen LogP) is 2.48. The summed E-state index contributed by atoms with van der Waals surface area (Å²) >= 11 is 6.21. The number of hydrogen-bond donors (Lipinski definition) is 2. The van der Waals surface area contributed by atoms with Crippen molar-refractivity contribution in [2.45, 2.75) is 32.0 Å². The van der Waals surface area contributed by atoms with Crippen LogP contribution in [0.5, 0.6) is 0 Å². The van der Waals surface area contributed by atoms with E-state index in [-0.39, 0.29) is 29.6 Å². The molecule has 4 aromatic rings. The number of nitrogens with two attached hydrogens (primary N) is 1. The number of pyridine rings is 2. The number of rotatable bonds is 5. The van der Waals surface area contributed by atoms with Gasteiger partial charge in [-0.2, -0.15) is 0 Å². The number of halogens is 1. The van der Waals surface area contributed by atoms with Gasteiger partial charge in [0, 0.05) is 24.4 Å². The molecule has 3 aromatic heterocycles. The minimum absolute atomic E-state index is 0.0574. The first-order valence-corrected chi connectivity index (χ1v) is 11.2.